The molecule has 1 aromatic carbocycles. The van der Waals surface area contributed by atoms with Gasteiger partial charge in [0.2, 0.25) is 0 Å². The van der Waals surface area contributed by atoms with Gasteiger partial charge in [0.25, 0.3) is 0 Å². The van der Waals surface area contributed by atoms with Crippen molar-refractivity contribution in [1.82, 2.24) is 0 Å². The Bertz CT molecular complexity index is 425. The standard InChI is InChI=1S/C14H17FO3/c1-10-5-6-11(8-13(10)15)14(16)18-9-12-4-2-3-7-17-12/h5-6,8,12H,2-4,7,9H2,1H3. The lowest BCUT2D eigenvalue weighted by molar-refractivity contribution is -0.0300. The van der Waals surface area contributed by atoms with Gasteiger partial charge < -0.3 is 9.47 Å². The second kappa shape index (κ2) is 5.96. The summed E-state index contributed by atoms with van der Waals surface area (Å²) in [6.45, 7) is 2.62. The molecule has 0 spiro atoms. The molecule has 0 bridgehead atoms. The van der Waals surface area contributed by atoms with Crippen LogP contribution in [-0.2, 0) is 9.47 Å². The third kappa shape index (κ3) is 3.29. The van der Waals surface area contributed by atoms with Gasteiger partial charge in [0.05, 0.1) is 11.7 Å². The average Bonchev–Trinajstić information content (AvgIpc) is 2.40. The van der Waals surface area contributed by atoms with Gasteiger partial charge in [-0.05, 0) is 43.9 Å². The van der Waals surface area contributed by atoms with Crippen LogP contribution in [0.5, 0.6) is 0 Å². The summed E-state index contributed by atoms with van der Waals surface area (Å²) >= 11 is 0. The second-order valence-electron chi connectivity index (χ2n) is 4.55. The van der Waals surface area contributed by atoms with Crippen LogP contribution >= 0.6 is 0 Å². The summed E-state index contributed by atoms with van der Waals surface area (Å²) in [6, 6.07) is 4.35. The van der Waals surface area contributed by atoms with E-state index in [1.54, 1.807) is 19.1 Å². The number of hydrogen-bond donors (Lipinski definition) is 0. The van der Waals surface area contributed by atoms with E-state index in [1.165, 1.54) is 6.07 Å². The summed E-state index contributed by atoms with van der Waals surface area (Å²) < 4.78 is 23.9. The fourth-order valence-corrected chi connectivity index (χ4v) is 1.91. The Balaban J connectivity index is 1.88. The highest BCUT2D eigenvalue weighted by Crippen LogP contribution is 2.14. The molecule has 0 radical (unpaired) electrons. The maximum atomic E-state index is 13.3. The molecular formula is C14H17FO3. The van der Waals surface area contributed by atoms with E-state index in [1.807, 2.05) is 0 Å². The minimum Gasteiger partial charge on any atom is -0.459 e. The quantitative estimate of drug-likeness (QED) is 0.776. The summed E-state index contributed by atoms with van der Waals surface area (Å²) in [6.07, 6.45) is 3.06. The van der Waals surface area contributed by atoms with Crippen LogP contribution in [0.4, 0.5) is 4.39 Å². The lowest BCUT2D eigenvalue weighted by Crippen LogP contribution is -2.26. The maximum Gasteiger partial charge on any atom is 0.338 e. The van der Waals surface area contributed by atoms with Crippen LogP contribution in [0.3, 0.4) is 0 Å². The molecule has 0 aromatic heterocycles. The van der Waals surface area contributed by atoms with E-state index in [-0.39, 0.29) is 18.3 Å². The van der Waals surface area contributed by atoms with Crippen molar-refractivity contribution in [2.24, 2.45) is 0 Å². The van der Waals surface area contributed by atoms with Crippen molar-refractivity contribution in [1.29, 1.82) is 0 Å². The first-order valence-electron chi connectivity index (χ1n) is 6.21. The molecule has 0 aliphatic carbocycles. The van der Waals surface area contributed by atoms with Crippen molar-refractivity contribution in [3.05, 3.63) is 35.1 Å². The van der Waals surface area contributed by atoms with Gasteiger partial charge in [0.1, 0.15) is 12.4 Å². The molecule has 18 heavy (non-hydrogen) atoms. The highest BCUT2D eigenvalue weighted by molar-refractivity contribution is 5.89. The Morgan fingerprint density at radius 2 is 2.33 bits per heavy atom. The normalized spacial score (nSPS) is 19.6. The zero-order valence-electron chi connectivity index (χ0n) is 10.4. The molecule has 3 nitrogen and oxygen atoms in total. The first-order chi connectivity index (χ1) is 8.66. The van der Waals surface area contributed by atoms with Crippen LogP contribution in [-0.4, -0.2) is 25.3 Å². The largest absolute Gasteiger partial charge is 0.459 e. The number of aryl methyl sites for hydroxylation is 1. The highest BCUT2D eigenvalue weighted by Gasteiger charge is 2.17. The first kappa shape index (κ1) is 13.0. The van der Waals surface area contributed by atoms with Crippen molar-refractivity contribution in [3.63, 3.8) is 0 Å². The SMILES string of the molecule is Cc1ccc(C(=O)OCC2CCCCO2)cc1F. The number of ether oxygens (including phenoxy) is 2. The van der Waals surface area contributed by atoms with E-state index in [4.69, 9.17) is 9.47 Å². The Morgan fingerprint density at radius 1 is 1.50 bits per heavy atom. The van der Waals surface area contributed by atoms with E-state index in [9.17, 15) is 9.18 Å². The number of carbonyl (C=O) groups excluding carboxylic acids is 1. The molecule has 98 valence electrons. The van der Waals surface area contributed by atoms with Crippen molar-refractivity contribution in [3.8, 4) is 0 Å². The predicted octanol–water partition coefficient (Wildman–Crippen LogP) is 2.86. The summed E-state index contributed by atoms with van der Waals surface area (Å²) in [5.41, 5.74) is 0.760. The van der Waals surface area contributed by atoms with E-state index < -0.39 is 11.8 Å². The molecule has 1 aliphatic rings. The summed E-state index contributed by atoms with van der Waals surface area (Å²) in [5.74, 6) is -0.888. The molecule has 1 unspecified atom stereocenters. The Morgan fingerprint density at radius 3 is 3.00 bits per heavy atom. The minimum absolute atomic E-state index is 0.0157. The van der Waals surface area contributed by atoms with Gasteiger partial charge in [-0.3, -0.25) is 0 Å². The predicted molar refractivity (Wildman–Crippen MR) is 65.0 cm³/mol. The second-order valence-corrected chi connectivity index (χ2v) is 4.55. The lowest BCUT2D eigenvalue weighted by Gasteiger charge is -2.22. The number of rotatable bonds is 3. The molecule has 1 saturated heterocycles. The zero-order chi connectivity index (χ0) is 13.0. The van der Waals surface area contributed by atoms with Gasteiger partial charge in [-0.1, -0.05) is 6.07 Å². The van der Waals surface area contributed by atoms with Crippen molar-refractivity contribution in [2.75, 3.05) is 13.2 Å². The van der Waals surface area contributed by atoms with Gasteiger partial charge in [0, 0.05) is 6.61 Å². The van der Waals surface area contributed by atoms with E-state index in [2.05, 4.69) is 0 Å². The molecule has 1 aromatic rings. The molecule has 1 heterocycles. The fraction of sp³-hybridized carbons (Fsp3) is 0.500. The van der Waals surface area contributed by atoms with Crippen LogP contribution in [0, 0.1) is 12.7 Å². The van der Waals surface area contributed by atoms with Crippen LogP contribution < -0.4 is 0 Å². The number of benzene rings is 1. The smallest absolute Gasteiger partial charge is 0.338 e. The maximum absolute atomic E-state index is 13.3. The Labute approximate surface area is 106 Å². The lowest BCUT2D eigenvalue weighted by atomic mass is 10.1. The van der Waals surface area contributed by atoms with Gasteiger partial charge >= 0.3 is 5.97 Å². The summed E-state index contributed by atoms with van der Waals surface area (Å²) in [5, 5.41) is 0. The third-order valence-corrected chi connectivity index (χ3v) is 3.08. The van der Waals surface area contributed by atoms with Crippen molar-refractivity contribution >= 4 is 5.97 Å². The monoisotopic (exact) mass is 252 g/mol. The van der Waals surface area contributed by atoms with Crippen LogP contribution in [0.1, 0.15) is 35.2 Å². The molecule has 1 fully saturated rings. The highest BCUT2D eigenvalue weighted by atomic mass is 19.1. The molecule has 2 rings (SSSR count). The molecule has 0 amide bonds. The van der Waals surface area contributed by atoms with Gasteiger partial charge in [0.15, 0.2) is 0 Å². The topological polar surface area (TPSA) is 35.5 Å². The van der Waals surface area contributed by atoms with Gasteiger partial charge in [-0.25, -0.2) is 9.18 Å². The Hall–Kier alpha value is -1.42. The van der Waals surface area contributed by atoms with Crippen LogP contribution in [0.25, 0.3) is 0 Å². The fourth-order valence-electron chi connectivity index (χ4n) is 1.91. The summed E-state index contributed by atoms with van der Waals surface area (Å²) in [4.78, 5) is 11.7. The average molecular weight is 252 g/mol. The molecule has 1 aliphatic heterocycles. The van der Waals surface area contributed by atoms with E-state index >= 15 is 0 Å². The van der Waals surface area contributed by atoms with Crippen LogP contribution in [0.15, 0.2) is 18.2 Å². The number of carbonyl (C=O) groups is 1. The molecule has 1 atom stereocenters. The number of esters is 1. The molecular weight excluding hydrogens is 235 g/mol. The first-order valence-corrected chi connectivity index (χ1v) is 6.21. The minimum atomic E-state index is -0.497. The van der Waals surface area contributed by atoms with Gasteiger partial charge in [-0.15, -0.1) is 0 Å². The van der Waals surface area contributed by atoms with Crippen molar-refractivity contribution in [2.45, 2.75) is 32.3 Å². The van der Waals surface area contributed by atoms with Crippen LogP contribution in [0.2, 0.25) is 0 Å². The zero-order valence-corrected chi connectivity index (χ0v) is 10.4. The van der Waals surface area contributed by atoms with Gasteiger partial charge in [-0.2, -0.15) is 0 Å². The summed E-state index contributed by atoms with van der Waals surface area (Å²) in [7, 11) is 0. The third-order valence-electron chi connectivity index (χ3n) is 3.08. The van der Waals surface area contributed by atoms with Crippen molar-refractivity contribution < 1.29 is 18.7 Å². The van der Waals surface area contributed by atoms with E-state index in [0.717, 1.165) is 25.9 Å². The molecule has 4 heteroatoms. The molecule has 0 saturated carbocycles. The Kier molecular flexibility index (Phi) is 4.31. The van der Waals surface area contributed by atoms with E-state index in [0.29, 0.717) is 5.56 Å². The number of hydrogen-bond acceptors (Lipinski definition) is 3. The molecule has 0 N–H and O–H groups in total. The number of halogens is 1.